The highest BCUT2D eigenvalue weighted by Crippen LogP contribution is 2.23. The van der Waals surface area contributed by atoms with Gasteiger partial charge in [0.25, 0.3) is 0 Å². The zero-order chi connectivity index (χ0) is 18.8. The molecule has 3 heterocycles. The van der Waals surface area contributed by atoms with Crippen molar-refractivity contribution in [3.05, 3.63) is 44.4 Å². The van der Waals surface area contributed by atoms with E-state index in [1.54, 1.807) is 17.4 Å². The van der Waals surface area contributed by atoms with Crippen LogP contribution in [-0.2, 0) is 16.0 Å². The minimum atomic E-state index is -0.437. The van der Waals surface area contributed by atoms with Crippen LogP contribution in [0.5, 0.6) is 0 Å². The number of aromatic nitrogens is 1. The molecule has 1 aliphatic rings. The van der Waals surface area contributed by atoms with Crippen molar-refractivity contribution >= 4 is 23.1 Å². The Kier molecular flexibility index (Phi) is 5.63. The third kappa shape index (κ3) is 3.91. The summed E-state index contributed by atoms with van der Waals surface area (Å²) in [4.78, 5) is 26.8. The lowest BCUT2D eigenvalue weighted by Crippen LogP contribution is -2.18. The molecule has 3 rings (SSSR count). The van der Waals surface area contributed by atoms with E-state index in [2.05, 4.69) is 4.57 Å². The zero-order valence-corrected chi connectivity index (χ0v) is 16.6. The van der Waals surface area contributed by atoms with E-state index in [1.165, 1.54) is 0 Å². The Bertz CT molecular complexity index is 827. The first-order valence-electron chi connectivity index (χ1n) is 8.92. The summed E-state index contributed by atoms with van der Waals surface area (Å²) < 4.78 is 13.1. The Morgan fingerprint density at radius 3 is 2.62 bits per heavy atom. The number of ether oxygens (including phenoxy) is 2. The molecular weight excluding hydrogens is 350 g/mol. The summed E-state index contributed by atoms with van der Waals surface area (Å²) in [6.07, 6.45) is 2.36. The van der Waals surface area contributed by atoms with Crippen molar-refractivity contribution in [3.63, 3.8) is 0 Å². The zero-order valence-electron chi connectivity index (χ0n) is 15.8. The van der Waals surface area contributed by atoms with Gasteiger partial charge in [-0.3, -0.25) is 4.79 Å². The van der Waals surface area contributed by atoms with Crippen LogP contribution in [-0.4, -0.2) is 35.6 Å². The molecule has 0 N–H and O–H groups in total. The minimum Gasteiger partial charge on any atom is -0.454 e. The number of hydrogen-bond donors (Lipinski definition) is 0. The molecule has 1 atom stereocenters. The second-order valence-corrected chi connectivity index (χ2v) is 8.32. The molecule has 1 fully saturated rings. The Hall–Kier alpha value is -1.92. The number of Topliss-reactive ketones (excluding diaryl/α,β-unsaturated/α-hetero) is 1. The van der Waals surface area contributed by atoms with Crippen LogP contribution in [0.25, 0.3) is 0 Å². The molecule has 0 radical (unpaired) electrons. The first-order chi connectivity index (χ1) is 12.4. The molecule has 140 valence electrons. The number of hydrogen-bond acceptors (Lipinski definition) is 5. The van der Waals surface area contributed by atoms with Gasteiger partial charge in [0.1, 0.15) is 0 Å². The van der Waals surface area contributed by atoms with Gasteiger partial charge in [0.15, 0.2) is 6.61 Å². The summed E-state index contributed by atoms with van der Waals surface area (Å²) in [5.41, 5.74) is 3.09. The maximum absolute atomic E-state index is 12.6. The number of nitrogens with zero attached hydrogens (tertiary/aromatic N) is 1. The van der Waals surface area contributed by atoms with E-state index in [9.17, 15) is 9.59 Å². The fourth-order valence-electron chi connectivity index (χ4n) is 3.48. The molecule has 0 spiro atoms. The molecule has 0 unspecified atom stereocenters. The number of thiophene rings is 1. The van der Waals surface area contributed by atoms with E-state index in [1.807, 2.05) is 33.8 Å². The van der Waals surface area contributed by atoms with Gasteiger partial charge in [-0.05, 0) is 52.7 Å². The van der Waals surface area contributed by atoms with Gasteiger partial charge < -0.3 is 14.0 Å². The van der Waals surface area contributed by atoms with Gasteiger partial charge in [0.2, 0.25) is 5.78 Å². The third-order valence-corrected chi connectivity index (χ3v) is 5.85. The van der Waals surface area contributed by atoms with Crippen LogP contribution in [0, 0.1) is 27.7 Å². The standard InChI is InChI=1S/C20H25NO4S/c1-12-8-17(14(3)21(12)10-16-6-5-7-24-16)19(22)11-25-20(23)18-9-13(2)26-15(18)4/h8-9,16H,5-7,10-11H2,1-4H3/t16-/m0/s1. The lowest BCUT2D eigenvalue weighted by molar-refractivity contribution is 0.0474. The van der Waals surface area contributed by atoms with Gasteiger partial charge in [-0.1, -0.05) is 0 Å². The Morgan fingerprint density at radius 1 is 1.23 bits per heavy atom. The Balaban J connectivity index is 1.66. The first kappa shape index (κ1) is 18.9. The van der Waals surface area contributed by atoms with Crippen molar-refractivity contribution in [2.75, 3.05) is 13.2 Å². The van der Waals surface area contributed by atoms with E-state index in [0.29, 0.717) is 11.1 Å². The van der Waals surface area contributed by atoms with Crippen molar-refractivity contribution < 1.29 is 19.1 Å². The van der Waals surface area contributed by atoms with Crippen molar-refractivity contribution in [3.8, 4) is 0 Å². The van der Waals surface area contributed by atoms with Gasteiger partial charge >= 0.3 is 5.97 Å². The maximum atomic E-state index is 12.6. The summed E-state index contributed by atoms with van der Waals surface area (Å²) in [6, 6.07) is 3.68. The number of aryl methyl sites for hydroxylation is 3. The van der Waals surface area contributed by atoms with Crippen LogP contribution < -0.4 is 0 Å². The minimum absolute atomic E-state index is 0.172. The summed E-state index contributed by atoms with van der Waals surface area (Å²) in [6.45, 7) is 9.09. The Morgan fingerprint density at radius 2 is 2.00 bits per heavy atom. The van der Waals surface area contributed by atoms with Gasteiger partial charge in [0.05, 0.1) is 11.7 Å². The quantitative estimate of drug-likeness (QED) is 0.566. The summed E-state index contributed by atoms with van der Waals surface area (Å²) in [5, 5.41) is 0. The van der Waals surface area contributed by atoms with Crippen LogP contribution in [0.1, 0.15) is 54.7 Å². The molecule has 5 nitrogen and oxygen atoms in total. The molecular formula is C20H25NO4S. The van der Waals surface area contributed by atoms with Crippen LogP contribution in [0.3, 0.4) is 0 Å². The molecule has 6 heteroatoms. The largest absolute Gasteiger partial charge is 0.454 e. The SMILES string of the molecule is Cc1cc(C(=O)OCC(=O)c2cc(C)n(C[C@@H]3CCCO3)c2C)c(C)s1. The highest BCUT2D eigenvalue weighted by Gasteiger charge is 2.22. The third-order valence-electron chi connectivity index (χ3n) is 4.88. The van der Waals surface area contributed by atoms with E-state index >= 15 is 0 Å². The number of carbonyl (C=O) groups excluding carboxylic acids is 2. The molecule has 2 aromatic heterocycles. The topological polar surface area (TPSA) is 57.5 Å². The van der Waals surface area contributed by atoms with E-state index < -0.39 is 5.97 Å². The Labute approximate surface area is 157 Å². The van der Waals surface area contributed by atoms with Gasteiger partial charge in [0, 0.05) is 39.9 Å². The molecule has 0 amide bonds. The highest BCUT2D eigenvalue weighted by atomic mass is 32.1. The first-order valence-corrected chi connectivity index (χ1v) is 9.74. The highest BCUT2D eigenvalue weighted by molar-refractivity contribution is 7.12. The second-order valence-electron chi connectivity index (χ2n) is 6.86. The number of ketones is 1. The fourth-order valence-corrected chi connectivity index (χ4v) is 4.39. The van der Waals surface area contributed by atoms with E-state index in [4.69, 9.17) is 9.47 Å². The van der Waals surface area contributed by atoms with Crippen molar-refractivity contribution in [2.24, 2.45) is 0 Å². The van der Waals surface area contributed by atoms with Gasteiger partial charge in [-0.2, -0.15) is 0 Å². The van der Waals surface area contributed by atoms with Crippen molar-refractivity contribution in [2.45, 2.75) is 53.2 Å². The maximum Gasteiger partial charge on any atom is 0.339 e. The van der Waals surface area contributed by atoms with Crippen LogP contribution >= 0.6 is 11.3 Å². The molecule has 0 aliphatic carbocycles. The number of esters is 1. The van der Waals surface area contributed by atoms with E-state index in [0.717, 1.165) is 47.1 Å². The number of carbonyl (C=O) groups is 2. The fraction of sp³-hybridized carbons (Fsp3) is 0.500. The molecule has 26 heavy (non-hydrogen) atoms. The summed E-state index contributed by atoms with van der Waals surface area (Å²) >= 11 is 1.55. The lowest BCUT2D eigenvalue weighted by atomic mass is 10.1. The van der Waals surface area contributed by atoms with Crippen molar-refractivity contribution in [1.82, 2.24) is 4.57 Å². The predicted molar refractivity (Wildman–Crippen MR) is 101 cm³/mol. The van der Waals surface area contributed by atoms with Crippen molar-refractivity contribution in [1.29, 1.82) is 0 Å². The summed E-state index contributed by atoms with van der Waals surface area (Å²) in [7, 11) is 0. The summed E-state index contributed by atoms with van der Waals surface area (Å²) in [5.74, 6) is -0.608. The second kappa shape index (κ2) is 7.76. The van der Waals surface area contributed by atoms with Gasteiger partial charge in [-0.25, -0.2) is 4.79 Å². The number of rotatable bonds is 6. The van der Waals surface area contributed by atoms with Gasteiger partial charge in [-0.15, -0.1) is 11.3 Å². The van der Waals surface area contributed by atoms with Crippen LogP contribution in [0.15, 0.2) is 12.1 Å². The molecule has 0 bridgehead atoms. The lowest BCUT2D eigenvalue weighted by Gasteiger charge is -2.14. The molecule has 2 aromatic rings. The van der Waals surface area contributed by atoms with E-state index in [-0.39, 0.29) is 18.5 Å². The molecule has 1 aliphatic heterocycles. The average molecular weight is 375 g/mol. The molecule has 1 saturated heterocycles. The smallest absolute Gasteiger partial charge is 0.339 e. The monoisotopic (exact) mass is 375 g/mol. The average Bonchev–Trinajstić information content (AvgIpc) is 3.29. The molecule has 0 aromatic carbocycles. The van der Waals surface area contributed by atoms with Crippen LogP contribution in [0.4, 0.5) is 0 Å². The van der Waals surface area contributed by atoms with Crippen LogP contribution in [0.2, 0.25) is 0 Å². The normalized spacial score (nSPS) is 16.8. The molecule has 0 saturated carbocycles. The predicted octanol–water partition coefficient (Wildman–Crippen LogP) is 4.00.